The van der Waals surface area contributed by atoms with Gasteiger partial charge in [-0.15, -0.1) is 11.3 Å². The zero-order valence-corrected chi connectivity index (χ0v) is 13.3. The van der Waals surface area contributed by atoms with Crippen molar-refractivity contribution in [3.63, 3.8) is 0 Å². The monoisotopic (exact) mass is 358 g/mol. The number of carbonyl (C=O) groups is 1. The number of amides is 2. The van der Waals surface area contributed by atoms with Gasteiger partial charge in [0.1, 0.15) is 0 Å². The highest BCUT2D eigenvalue weighted by Gasteiger charge is 2.10. The topological polar surface area (TPSA) is 32.3 Å². The van der Waals surface area contributed by atoms with Crippen LogP contribution in [0.4, 0.5) is 10.5 Å². The van der Waals surface area contributed by atoms with E-state index in [1.54, 1.807) is 47.5 Å². The molecule has 2 aromatic rings. The number of nitrogens with one attached hydrogen (secondary N) is 1. The van der Waals surface area contributed by atoms with Crippen LogP contribution in [0.5, 0.6) is 0 Å². The SMILES string of the molecule is CN(Cc1csc(Br)c1)C(=O)Nc1ccc(Cl)cc1. The molecule has 0 spiro atoms. The highest BCUT2D eigenvalue weighted by atomic mass is 79.9. The van der Waals surface area contributed by atoms with Crippen molar-refractivity contribution in [3.8, 4) is 0 Å². The van der Waals surface area contributed by atoms with Gasteiger partial charge in [-0.1, -0.05) is 11.6 Å². The Balaban J connectivity index is 1.94. The Hall–Kier alpha value is -1.04. The molecule has 3 nitrogen and oxygen atoms in total. The first-order valence-corrected chi connectivity index (χ1v) is 7.60. The molecule has 0 aliphatic carbocycles. The summed E-state index contributed by atoms with van der Waals surface area (Å²) in [6.07, 6.45) is 0. The van der Waals surface area contributed by atoms with Crippen LogP contribution < -0.4 is 5.32 Å². The smallest absolute Gasteiger partial charge is 0.321 e. The quantitative estimate of drug-likeness (QED) is 0.836. The first-order valence-electron chi connectivity index (χ1n) is 5.55. The van der Waals surface area contributed by atoms with E-state index < -0.39 is 0 Å². The summed E-state index contributed by atoms with van der Waals surface area (Å²) in [5.41, 5.74) is 1.83. The summed E-state index contributed by atoms with van der Waals surface area (Å²) in [7, 11) is 1.76. The largest absolute Gasteiger partial charge is 0.323 e. The maximum Gasteiger partial charge on any atom is 0.321 e. The molecule has 1 heterocycles. The Morgan fingerprint density at radius 1 is 1.42 bits per heavy atom. The fourth-order valence-corrected chi connectivity index (χ4v) is 2.85. The van der Waals surface area contributed by atoms with E-state index >= 15 is 0 Å². The number of urea groups is 1. The molecule has 0 radical (unpaired) electrons. The lowest BCUT2D eigenvalue weighted by Gasteiger charge is -2.17. The van der Waals surface area contributed by atoms with E-state index in [0.29, 0.717) is 11.6 Å². The summed E-state index contributed by atoms with van der Waals surface area (Å²) in [5.74, 6) is 0. The van der Waals surface area contributed by atoms with E-state index in [0.717, 1.165) is 15.0 Å². The molecule has 2 amide bonds. The van der Waals surface area contributed by atoms with Crippen molar-refractivity contribution in [2.75, 3.05) is 12.4 Å². The number of halogens is 2. The van der Waals surface area contributed by atoms with Crippen LogP contribution in [0.3, 0.4) is 0 Å². The normalized spacial score (nSPS) is 10.3. The van der Waals surface area contributed by atoms with Crippen LogP contribution in [0.2, 0.25) is 5.02 Å². The summed E-state index contributed by atoms with van der Waals surface area (Å²) >= 11 is 10.8. The molecule has 0 fully saturated rings. The zero-order chi connectivity index (χ0) is 13.8. The van der Waals surface area contributed by atoms with E-state index in [4.69, 9.17) is 11.6 Å². The van der Waals surface area contributed by atoms with Crippen molar-refractivity contribution >= 4 is 50.6 Å². The molecule has 0 bridgehead atoms. The predicted molar refractivity (Wildman–Crippen MR) is 84.0 cm³/mol. The van der Waals surface area contributed by atoms with Crippen molar-refractivity contribution in [1.29, 1.82) is 0 Å². The van der Waals surface area contributed by atoms with Crippen molar-refractivity contribution in [1.82, 2.24) is 4.90 Å². The van der Waals surface area contributed by atoms with E-state index in [1.807, 2.05) is 11.4 Å². The second-order valence-corrected chi connectivity index (χ2v) is 6.78. The molecular weight excluding hydrogens is 348 g/mol. The first-order chi connectivity index (χ1) is 9.04. The zero-order valence-electron chi connectivity index (χ0n) is 10.2. The molecule has 0 aliphatic rings. The number of carbonyl (C=O) groups excluding carboxylic acids is 1. The van der Waals surface area contributed by atoms with Crippen LogP contribution in [-0.4, -0.2) is 18.0 Å². The number of hydrogen-bond donors (Lipinski definition) is 1. The van der Waals surface area contributed by atoms with Gasteiger partial charge in [0.05, 0.1) is 3.79 Å². The Labute approximate surface area is 129 Å². The summed E-state index contributed by atoms with van der Waals surface area (Å²) in [6.45, 7) is 0.571. The van der Waals surface area contributed by atoms with Crippen LogP contribution in [0.25, 0.3) is 0 Å². The fourth-order valence-electron chi connectivity index (χ4n) is 1.53. The van der Waals surface area contributed by atoms with Gasteiger partial charge in [-0.25, -0.2) is 4.79 Å². The number of anilines is 1. The summed E-state index contributed by atoms with van der Waals surface area (Å²) in [4.78, 5) is 13.6. The maximum atomic E-state index is 12.0. The van der Waals surface area contributed by atoms with Gasteiger partial charge in [-0.3, -0.25) is 0 Å². The van der Waals surface area contributed by atoms with Gasteiger partial charge in [-0.05, 0) is 57.2 Å². The third kappa shape index (κ3) is 4.23. The number of hydrogen-bond acceptors (Lipinski definition) is 2. The van der Waals surface area contributed by atoms with Crippen LogP contribution in [0.1, 0.15) is 5.56 Å². The lowest BCUT2D eigenvalue weighted by Crippen LogP contribution is -2.30. The van der Waals surface area contributed by atoms with Crippen molar-refractivity contribution < 1.29 is 4.79 Å². The number of rotatable bonds is 3. The minimum absolute atomic E-state index is 0.148. The molecule has 6 heteroatoms. The van der Waals surface area contributed by atoms with Crippen molar-refractivity contribution in [3.05, 3.63) is 50.1 Å². The van der Waals surface area contributed by atoms with Crippen LogP contribution in [0.15, 0.2) is 39.5 Å². The Morgan fingerprint density at radius 2 is 2.11 bits per heavy atom. The summed E-state index contributed by atoms with van der Waals surface area (Å²) < 4.78 is 1.06. The van der Waals surface area contributed by atoms with Gasteiger partial charge >= 0.3 is 6.03 Å². The van der Waals surface area contributed by atoms with Gasteiger partial charge in [-0.2, -0.15) is 0 Å². The minimum atomic E-state index is -0.148. The third-order valence-corrected chi connectivity index (χ3v) is 4.29. The molecule has 100 valence electrons. The van der Waals surface area contributed by atoms with E-state index in [2.05, 4.69) is 21.2 Å². The summed E-state index contributed by atoms with van der Waals surface area (Å²) in [6, 6.07) is 8.89. The van der Waals surface area contributed by atoms with Crippen LogP contribution in [0, 0.1) is 0 Å². The van der Waals surface area contributed by atoms with Crippen LogP contribution in [-0.2, 0) is 6.54 Å². The van der Waals surface area contributed by atoms with Gasteiger partial charge in [0, 0.05) is 24.3 Å². The molecule has 19 heavy (non-hydrogen) atoms. The highest BCUT2D eigenvalue weighted by Crippen LogP contribution is 2.21. The first kappa shape index (κ1) is 14.4. The maximum absolute atomic E-state index is 12.0. The Kier molecular flexibility index (Phi) is 4.85. The molecule has 0 saturated heterocycles. The molecule has 0 saturated carbocycles. The third-order valence-electron chi connectivity index (χ3n) is 2.48. The van der Waals surface area contributed by atoms with E-state index in [9.17, 15) is 4.79 Å². The number of benzene rings is 1. The number of thiophene rings is 1. The van der Waals surface area contributed by atoms with Crippen molar-refractivity contribution in [2.45, 2.75) is 6.54 Å². The van der Waals surface area contributed by atoms with Gasteiger partial charge in [0.25, 0.3) is 0 Å². The number of nitrogens with zero attached hydrogens (tertiary/aromatic N) is 1. The molecule has 2 rings (SSSR count). The fraction of sp³-hybridized carbons (Fsp3) is 0.154. The minimum Gasteiger partial charge on any atom is -0.323 e. The van der Waals surface area contributed by atoms with E-state index in [1.165, 1.54) is 0 Å². The molecular formula is C13H12BrClN2OS. The second-order valence-electron chi connectivity index (χ2n) is 4.05. The average molecular weight is 360 g/mol. The molecule has 1 N–H and O–H groups in total. The molecule has 0 atom stereocenters. The van der Waals surface area contributed by atoms with E-state index in [-0.39, 0.29) is 6.03 Å². The van der Waals surface area contributed by atoms with Gasteiger partial charge in [0.15, 0.2) is 0 Å². The Morgan fingerprint density at radius 3 is 2.68 bits per heavy atom. The average Bonchev–Trinajstić information content (AvgIpc) is 2.77. The highest BCUT2D eigenvalue weighted by molar-refractivity contribution is 9.11. The lowest BCUT2D eigenvalue weighted by atomic mass is 10.3. The summed E-state index contributed by atoms with van der Waals surface area (Å²) in [5, 5.41) is 5.49. The Bertz CT molecular complexity index is 570. The standard InChI is InChI=1S/C13H12BrClN2OS/c1-17(7-9-6-12(14)19-8-9)13(18)16-11-4-2-10(15)3-5-11/h2-6,8H,7H2,1H3,(H,16,18). The molecule has 1 aromatic carbocycles. The molecule has 1 aromatic heterocycles. The molecule has 0 unspecified atom stereocenters. The van der Waals surface area contributed by atoms with Gasteiger partial charge < -0.3 is 10.2 Å². The predicted octanol–water partition coefficient (Wildman–Crippen LogP) is 4.83. The van der Waals surface area contributed by atoms with Crippen molar-refractivity contribution in [2.24, 2.45) is 0 Å². The van der Waals surface area contributed by atoms with Gasteiger partial charge in [0.2, 0.25) is 0 Å². The molecule has 0 aliphatic heterocycles. The second kappa shape index (κ2) is 6.41. The van der Waals surface area contributed by atoms with Crippen LogP contribution >= 0.6 is 38.9 Å². The lowest BCUT2D eigenvalue weighted by molar-refractivity contribution is 0.221.